The molecule has 1 aromatic carbocycles. The third kappa shape index (κ3) is 3.01. The molecule has 3 nitrogen and oxygen atoms in total. The Morgan fingerprint density at radius 2 is 2.21 bits per heavy atom. The van der Waals surface area contributed by atoms with Gasteiger partial charge in [0, 0.05) is 6.54 Å². The Balaban J connectivity index is 2.57. The Hall–Kier alpha value is -1.06. The molecule has 0 bridgehead atoms. The lowest BCUT2D eigenvalue weighted by molar-refractivity contribution is 0.262. The van der Waals surface area contributed by atoms with Crippen LogP contribution in [0.25, 0.3) is 0 Å². The highest BCUT2D eigenvalue weighted by molar-refractivity contribution is 5.36. The van der Waals surface area contributed by atoms with Gasteiger partial charge < -0.3 is 9.84 Å². The first kappa shape index (κ1) is 11.0. The molecule has 0 aliphatic rings. The highest BCUT2D eigenvalue weighted by atomic mass is 16.5. The quantitative estimate of drug-likeness (QED) is 0.546. The molecule has 0 heterocycles. The smallest absolute Gasteiger partial charge is 0.121 e. The van der Waals surface area contributed by atoms with Gasteiger partial charge in [0.05, 0.1) is 13.8 Å². The summed E-state index contributed by atoms with van der Waals surface area (Å²) in [6, 6.07) is 6.13. The van der Waals surface area contributed by atoms with E-state index < -0.39 is 0 Å². The molecule has 0 aliphatic carbocycles. The van der Waals surface area contributed by atoms with Crippen LogP contribution in [0.3, 0.4) is 0 Å². The summed E-state index contributed by atoms with van der Waals surface area (Å²) in [6.45, 7) is 2.86. The fourth-order valence-electron chi connectivity index (χ4n) is 1.41. The van der Waals surface area contributed by atoms with Crippen LogP contribution in [-0.2, 0) is 6.42 Å². The molecular formula is C11H17NO2. The lowest BCUT2D eigenvalue weighted by Crippen LogP contribution is -2.17. The molecule has 0 aliphatic heterocycles. The summed E-state index contributed by atoms with van der Waals surface area (Å²) in [6.07, 6.45) is 0.922. The number of benzene rings is 1. The standard InChI is InChI=1S/C11H17NO2/c1-9-7-10(5-6-12-8-13)3-4-11(9)14-2/h3-4,7,12-13H,5-6,8H2,1-2H3. The third-order valence-electron chi connectivity index (χ3n) is 2.16. The van der Waals surface area contributed by atoms with E-state index in [9.17, 15) is 0 Å². The number of hydrogen-bond acceptors (Lipinski definition) is 3. The summed E-state index contributed by atoms with van der Waals surface area (Å²) in [5.41, 5.74) is 2.40. The van der Waals surface area contributed by atoms with Crippen LogP contribution in [0.2, 0.25) is 0 Å². The Morgan fingerprint density at radius 3 is 2.79 bits per heavy atom. The predicted octanol–water partition coefficient (Wildman–Crippen LogP) is 1.09. The SMILES string of the molecule is COc1ccc(CCNCO)cc1C. The molecule has 1 aromatic rings. The highest BCUT2D eigenvalue weighted by Crippen LogP contribution is 2.18. The molecule has 0 amide bonds. The lowest BCUT2D eigenvalue weighted by atomic mass is 10.1. The minimum absolute atomic E-state index is 0.0368. The average molecular weight is 195 g/mol. The van der Waals surface area contributed by atoms with Crippen LogP contribution in [0.15, 0.2) is 18.2 Å². The van der Waals surface area contributed by atoms with E-state index >= 15 is 0 Å². The molecule has 1 rings (SSSR count). The molecule has 0 saturated heterocycles. The summed E-state index contributed by atoms with van der Waals surface area (Å²) in [5, 5.41) is 11.4. The zero-order valence-corrected chi connectivity index (χ0v) is 8.71. The first-order valence-electron chi connectivity index (χ1n) is 4.73. The maximum atomic E-state index is 8.55. The topological polar surface area (TPSA) is 41.5 Å². The number of aryl methyl sites for hydroxylation is 1. The molecule has 0 aromatic heterocycles. The lowest BCUT2D eigenvalue weighted by Gasteiger charge is -2.07. The van der Waals surface area contributed by atoms with Gasteiger partial charge in [0.25, 0.3) is 0 Å². The summed E-state index contributed by atoms with van der Waals surface area (Å²) in [7, 11) is 1.68. The van der Waals surface area contributed by atoms with Crippen molar-refractivity contribution in [1.82, 2.24) is 5.32 Å². The van der Waals surface area contributed by atoms with Crippen molar-refractivity contribution in [2.45, 2.75) is 13.3 Å². The summed E-state index contributed by atoms with van der Waals surface area (Å²) in [4.78, 5) is 0. The molecule has 0 atom stereocenters. The number of ether oxygens (including phenoxy) is 1. The fraction of sp³-hybridized carbons (Fsp3) is 0.455. The zero-order chi connectivity index (χ0) is 10.4. The van der Waals surface area contributed by atoms with Crippen LogP contribution in [0.5, 0.6) is 5.75 Å². The van der Waals surface area contributed by atoms with Gasteiger partial charge in [0.2, 0.25) is 0 Å². The van der Waals surface area contributed by atoms with Crippen molar-refractivity contribution in [1.29, 1.82) is 0 Å². The van der Waals surface area contributed by atoms with Gasteiger partial charge in [0.1, 0.15) is 5.75 Å². The van der Waals surface area contributed by atoms with Crippen molar-refractivity contribution in [2.75, 3.05) is 20.4 Å². The van der Waals surface area contributed by atoms with Crippen LogP contribution in [0.4, 0.5) is 0 Å². The summed E-state index contributed by atoms with van der Waals surface area (Å²) in [5.74, 6) is 0.920. The molecular weight excluding hydrogens is 178 g/mol. The number of hydrogen-bond donors (Lipinski definition) is 2. The van der Waals surface area contributed by atoms with Crippen molar-refractivity contribution >= 4 is 0 Å². The van der Waals surface area contributed by atoms with Crippen molar-refractivity contribution in [2.24, 2.45) is 0 Å². The predicted molar refractivity (Wildman–Crippen MR) is 56.5 cm³/mol. The van der Waals surface area contributed by atoms with Gasteiger partial charge in [-0.3, -0.25) is 5.32 Å². The Kier molecular flexibility index (Phi) is 4.43. The summed E-state index contributed by atoms with van der Waals surface area (Å²) >= 11 is 0. The second-order valence-corrected chi connectivity index (χ2v) is 3.21. The van der Waals surface area contributed by atoms with E-state index in [0.29, 0.717) is 0 Å². The van der Waals surface area contributed by atoms with Crippen molar-refractivity contribution in [3.8, 4) is 5.75 Å². The maximum absolute atomic E-state index is 8.55. The number of rotatable bonds is 5. The van der Waals surface area contributed by atoms with Crippen LogP contribution in [0.1, 0.15) is 11.1 Å². The van der Waals surface area contributed by atoms with Gasteiger partial charge in [-0.2, -0.15) is 0 Å². The molecule has 0 fully saturated rings. The number of aliphatic hydroxyl groups is 1. The van der Waals surface area contributed by atoms with Gasteiger partial charge >= 0.3 is 0 Å². The molecule has 0 spiro atoms. The van der Waals surface area contributed by atoms with E-state index in [1.54, 1.807) is 7.11 Å². The Morgan fingerprint density at radius 1 is 1.43 bits per heavy atom. The van der Waals surface area contributed by atoms with E-state index in [2.05, 4.69) is 11.4 Å². The second kappa shape index (κ2) is 5.62. The number of nitrogens with one attached hydrogen (secondary N) is 1. The van der Waals surface area contributed by atoms with E-state index in [-0.39, 0.29) is 6.73 Å². The Bertz CT molecular complexity index is 287. The van der Waals surface area contributed by atoms with Crippen molar-refractivity contribution < 1.29 is 9.84 Å². The third-order valence-corrected chi connectivity index (χ3v) is 2.16. The number of aliphatic hydroxyl groups excluding tert-OH is 1. The Labute approximate surface area is 84.7 Å². The van der Waals surface area contributed by atoms with Crippen LogP contribution in [-0.4, -0.2) is 25.5 Å². The minimum Gasteiger partial charge on any atom is -0.496 e. The molecule has 3 heteroatoms. The van der Waals surface area contributed by atoms with Crippen LogP contribution < -0.4 is 10.1 Å². The van der Waals surface area contributed by atoms with E-state index in [0.717, 1.165) is 24.3 Å². The molecule has 0 unspecified atom stereocenters. The highest BCUT2D eigenvalue weighted by Gasteiger charge is 1.99. The zero-order valence-electron chi connectivity index (χ0n) is 8.71. The normalized spacial score (nSPS) is 10.2. The van der Waals surface area contributed by atoms with Crippen molar-refractivity contribution in [3.63, 3.8) is 0 Å². The van der Waals surface area contributed by atoms with Crippen molar-refractivity contribution in [3.05, 3.63) is 29.3 Å². The summed E-state index contributed by atoms with van der Waals surface area (Å²) < 4.78 is 5.17. The maximum Gasteiger partial charge on any atom is 0.121 e. The van der Waals surface area contributed by atoms with E-state index in [1.165, 1.54) is 5.56 Å². The molecule has 78 valence electrons. The largest absolute Gasteiger partial charge is 0.496 e. The molecule has 0 saturated carbocycles. The molecule has 0 radical (unpaired) electrons. The average Bonchev–Trinajstić information content (AvgIpc) is 2.18. The fourth-order valence-corrected chi connectivity index (χ4v) is 1.41. The van der Waals surface area contributed by atoms with E-state index in [4.69, 9.17) is 9.84 Å². The van der Waals surface area contributed by atoms with Crippen LogP contribution in [0, 0.1) is 6.92 Å². The second-order valence-electron chi connectivity index (χ2n) is 3.21. The monoisotopic (exact) mass is 195 g/mol. The van der Waals surface area contributed by atoms with Crippen LogP contribution >= 0.6 is 0 Å². The first-order chi connectivity index (χ1) is 6.77. The molecule has 14 heavy (non-hydrogen) atoms. The van der Waals surface area contributed by atoms with Gasteiger partial charge in [-0.05, 0) is 30.5 Å². The van der Waals surface area contributed by atoms with Gasteiger partial charge in [0.15, 0.2) is 0 Å². The van der Waals surface area contributed by atoms with E-state index in [1.807, 2.05) is 19.1 Å². The van der Waals surface area contributed by atoms with Gasteiger partial charge in [-0.15, -0.1) is 0 Å². The van der Waals surface area contributed by atoms with Gasteiger partial charge in [-0.25, -0.2) is 0 Å². The first-order valence-corrected chi connectivity index (χ1v) is 4.73. The van der Waals surface area contributed by atoms with Gasteiger partial charge in [-0.1, -0.05) is 12.1 Å². The molecule has 2 N–H and O–H groups in total. The number of methoxy groups -OCH3 is 1. The minimum atomic E-state index is 0.0368.